The molecular formula is C17H13FN4O. The predicted octanol–water partition coefficient (Wildman–Crippen LogP) is 3.14. The van der Waals surface area contributed by atoms with Gasteiger partial charge in [-0.05, 0) is 48.5 Å². The lowest BCUT2D eigenvalue weighted by Crippen LogP contribution is -2.02. The summed E-state index contributed by atoms with van der Waals surface area (Å²) in [6, 6.07) is 15.0. The minimum Gasteiger partial charge on any atom is -0.497 e. The highest BCUT2D eigenvalue weighted by molar-refractivity contribution is 5.73. The lowest BCUT2D eigenvalue weighted by Gasteiger charge is -2.05. The molecule has 3 aromatic rings. The molecule has 0 radical (unpaired) electrons. The highest BCUT2D eigenvalue weighted by atomic mass is 19.1. The summed E-state index contributed by atoms with van der Waals surface area (Å²) in [7, 11) is 1.58. The van der Waals surface area contributed by atoms with Crippen molar-refractivity contribution in [1.29, 1.82) is 5.26 Å². The van der Waals surface area contributed by atoms with Crippen LogP contribution >= 0.6 is 0 Å². The zero-order valence-corrected chi connectivity index (χ0v) is 12.3. The van der Waals surface area contributed by atoms with Gasteiger partial charge in [-0.3, -0.25) is 0 Å². The van der Waals surface area contributed by atoms with E-state index in [1.54, 1.807) is 43.5 Å². The highest BCUT2D eigenvalue weighted by Gasteiger charge is 2.18. The maximum Gasteiger partial charge on any atom is 0.145 e. The van der Waals surface area contributed by atoms with E-state index < -0.39 is 0 Å². The number of aromatic nitrogens is 2. The molecule has 0 saturated heterocycles. The van der Waals surface area contributed by atoms with Gasteiger partial charge < -0.3 is 10.5 Å². The van der Waals surface area contributed by atoms with E-state index in [9.17, 15) is 9.65 Å². The summed E-state index contributed by atoms with van der Waals surface area (Å²) in [6.07, 6.45) is 0. The minimum atomic E-state index is -0.352. The molecule has 0 fully saturated rings. The fraction of sp³-hybridized carbons (Fsp3) is 0.0588. The molecule has 2 N–H and O–H groups in total. The average molecular weight is 308 g/mol. The molecule has 6 heteroatoms. The molecule has 23 heavy (non-hydrogen) atoms. The monoisotopic (exact) mass is 308 g/mol. The Labute approximate surface area is 132 Å². The van der Waals surface area contributed by atoms with Crippen molar-refractivity contribution in [3.8, 4) is 28.8 Å². The molecule has 0 spiro atoms. The Kier molecular flexibility index (Phi) is 3.69. The second-order valence-corrected chi connectivity index (χ2v) is 4.84. The van der Waals surface area contributed by atoms with Crippen LogP contribution in [0.1, 0.15) is 5.56 Å². The third-order valence-electron chi connectivity index (χ3n) is 3.47. The van der Waals surface area contributed by atoms with Crippen molar-refractivity contribution in [3.05, 3.63) is 59.9 Å². The number of benzene rings is 2. The van der Waals surface area contributed by atoms with Crippen LogP contribution in [-0.4, -0.2) is 16.9 Å². The lowest BCUT2D eigenvalue weighted by molar-refractivity contribution is 0.414. The molecule has 0 amide bonds. The Bertz CT molecular complexity index is 877. The number of nitriles is 1. The van der Waals surface area contributed by atoms with E-state index in [1.165, 1.54) is 16.8 Å². The summed E-state index contributed by atoms with van der Waals surface area (Å²) in [5.74, 6) is 0.588. The van der Waals surface area contributed by atoms with Crippen molar-refractivity contribution in [2.45, 2.75) is 0 Å². The quantitative estimate of drug-likeness (QED) is 0.806. The average Bonchev–Trinajstić information content (AvgIpc) is 2.92. The van der Waals surface area contributed by atoms with Crippen molar-refractivity contribution in [2.24, 2.45) is 0 Å². The van der Waals surface area contributed by atoms with E-state index in [2.05, 4.69) is 11.2 Å². The smallest absolute Gasteiger partial charge is 0.145 e. The van der Waals surface area contributed by atoms with Gasteiger partial charge in [0.05, 0.1) is 12.8 Å². The number of nitrogens with two attached hydrogens (primary N) is 1. The number of nitrogen functional groups attached to an aromatic ring is 1. The number of nitrogens with zero attached hydrogens (tertiary/aromatic N) is 3. The molecule has 2 aromatic carbocycles. The summed E-state index contributed by atoms with van der Waals surface area (Å²) in [5, 5.41) is 13.8. The zero-order valence-electron chi connectivity index (χ0n) is 12.3. The molecule has 0 saturated carbocycles. The first-order valence-electron chi connectivity index (χ1n) is 6.83. The molecule has 114 valence electrons. The highest BCUT2D eigenvalue weighted by Crippen LogP contribution is 2.29. The Morgan fingerprint density at radius 2 is 1.78 bits per heavy atom. The number of anilines is 1. The largest absolute Gasteiger partial charge is 0.497 e. The normalized spacial score (nSPS) is 10.3. The molecule has 1 aromatic heterocycles. The van der Waals surface area contributed by atoms with Crippen LogP contribution < -0.4 is 10.5 Å². The zero-order chi connectivity index (χ0) is 16.4. The summed E-state index contributed by atoms with van der Waals surface area (Å²) in [6.45, 7) is 0. The maximum atomic E-state index is 13.1. The van der Waals surface area contributed by atoms with Crippen LogP contribution in [-0.2, 0) is 0 Å². The topological polar surface area (TPSA) is 76.9 Å². The molecule has 5 nitrogen and oxygen atoms in total. The number of halogens is 1. The third kappa shape index (κ3) is 2.60. The van der Waals surface area contributed by atoms with Crippen LogP contribution in [0.5, 0.6) is 5.75 Å². The third-order valence-corrected chi connectivity index (χ3v) is 3.47. The van der Waals surface area contributed by atoms with E-state index in [4.69, 9.17) is 10.5 Å². The van der Waals surface area contributed by atoms with Crippen LogP contribution in [0.25, 0.3) is 16.9 Å². The molecule has 0 bridgehead atoms. The van der Waals surface area contributed by atoms with Crippen LogP contribution in [0.3, 0.4) is 0 Å². The number of hydrogen-bond donors (Lipinski definition) is 1. The molecule has 1 heterocycles. The Hall–Kier alpha value is -3.33. The summed E-state index contributed by atoms with van der Waals surface area (Å²) in [5.41, 5.74) is 8.06. The molecular weight excluding hydrogens is 295 g/mol. The molecule has 0 aliphatic carbocycles. The van der Waals surface area contributed by atoms with E-state index in [1.807, 2.05) is 0 Å². The summed E-state index contributed by atoms with van der Waals surface area (Å²) >= 11 is 0. The van der Waals surface area contributed by atoms with Crippen LogP contribution in [0.2, 0.25) is 0 Å². The molecule has 3 rings (SSSR count). The van der Waals surface area contributed by atoms with Crippen LogP contribution in [0.15, 0.2) is 48.5 Å². The number of rotatable bonds is 3. The summed E-state index contributed by atoms with van der Waals surface area (Å²) in [4.78, 5) is 0. The van der Waals surface area contributed by atoms with Crippen molar-refractivity contribution < 1.29 is 9.13 Å². The van der Waals surface area contributed by atoms with Gasteiger partial charge in [-0.15, -0.1) is 0 Å². The van der Waals surface area contributed by atoms with Crippen LogP contribution in [0, 0.1) is 17.1 Å². The van der Waals surface area contributed by atoms with Gasteiger partial charge in [0, 0.05) is 5.56 Å². The van der Waals surface area contributed by atoms with Gasteiger partial charge in [0.25, 0.3) is 0 Å². The fourth-order valence-electron chi connectivity index (χ4n) is 2.27. The van der Waals surface area contributed by atoms with E-state index in [0.717, 1.165) is 0 Å². The van der Waals surface area contributed by atoms with Crippen molar-refractivity contribution >= 4 is 5.82 Å². The maximum absolute atomic E-state index is 13.1. The van der Waals surface area contributed by atoms with Crippen molar-refractivity contribution in [3.63, 3.8) is 0 Å². The number of ether oxygens (including phenoxy) is 1. The predicted molar refractivity (Wildman–Crippen MR) is 84.6 cm³/mol. The first kappa shape index (κ1) is 14.6. The summed E-state index contributed by atoms with van der Waals surface area (Å²) < 4.78 is 19.7. The molecule has 0 unspecified atom stereocenters. The Morgan fingerprint density at radius 1 is 1.13 bits per heavy atom. The number of methoxy groups -OCH3 is 1. The van der Waals surface area contributed by atoms with E-state index >= 15 is 0 Å². The molecule has 0 aliphatic rings. The second kappa shape index (κ2) is 5.81. The molecule has 0 aliphatic heterocycles. The number of hydrogen-bond acceptors (Lipinski definition) is 4. The second-order valence-electron chi connectivity index (χ2n) is 4.84. The standard InChI is InChI=1S/C17H13FN4O/c1-23-14-8-6-13(7-9-14)22-17(20)15(10-19)16(21-22)11-2-4-12(18)5-3-11/h2-9H,20H2,1H3. The van der Waals surface area contributed by atoms with Gasteiger partial charge >= 0.3 is 0 Å². The minimum absolute atomic E-state index is 0.233. The van der Waals surface area contributed by atoms with Gasteiger partial charge in [-0.2, -0.15) is 10.4 Å². The van der Waals surface area contributed by atoms with E-state index in [-0.39, 0.29) is 17.2 Å². The van der Waals surface area contributed by atoms with Crippen molar-refractivity contribution in [2.75, 3.05) is 12.8 Å². The van der Waals surface area contributed by atoms with E-state index in [0.29, 0.717) is 22.7 Å². The lowest BCUT2D eigenvalue weighted by atomic mass is 10.1. The van der Waals surface area contributed by atoms with Gasteiger partial charge in [-0.1, -0.05) is 0 Å². The Morgan fingerprint density at radius 3 is 2.35 bits per heavy atom. The van der Waals surface area contributed by atoms with Crippen LogP contribution in [0.4, 0.5) is 10.2 Å². The molecule has 0 atom stereocenters. The van der Waals surface area contributed by atoms with Gasteiger partial charge in [0.1, 0.15) is 34.7 Å². The fourth-order valence-corrected chi connectivity index (χ4v) is 2.27. The first-order chi connectivity index (χ1) is 11.1. The first-order valence-corrected chi connectivity index (χ1v) is 6.83. The van der Waals surface area contributed by atoms with Gasteiger partial charge in [0.15, 0.2) is 0 Å². The van der Waals surface area contributed by atoms with Crippen molar-refractivity contribution in [1.82, 2.24) is 9.78 Å². The SMILES string of the molecule is COc1ccc(-n2nc(-c3ccc(F)cc3)c(C#N)c2N)cc1. The van der Waals surface area contributed by atoms with Gasteiger partial charge in [0.2, 0.25) is 0 Å². The Balaban J connectivity index is 2.12. The van der Waals surface area contributed by atoms with Gasteiger partial charge in [-0.25, -0.2) is 9.07 Å².